The van der Waals surface area contributed by atoms with Crippen molar-refractivity contribution in [3.8, 4) is 17.1 Å². The van der Waals surface area contributed by atoms with Crippen LogP contribution in [0.2, 0.25) is 0 Å². The molecular weight excluding hydrogens is 492 g/mol. The van der Waals surface area contributed by atoms with E-state index in [0.717, 1.165) is 76.5 Å². The van der Waals surface area contributed by atoms with Gasteiger partial charge < -0.3 is 24.8 Å². The van der Waals surface area contributed by atoms with E-state index in [1.807, 2.05) is 6.20 Å². The molecule has 3 fully saturated rings. The first kappa shape index (κ1) is 22.2. The molecule has 34 heavy (non-hydrogen) atoms. The number of nitrogens with one attached hydrogen (secondary N) is 2. The molecule has 1 saturated heterocycles. The van der Waals surface area contributed by atoms with Gasteiger partial charge in [0.15, 0.2) is 5.65 Å². The number of methoxy groups -OCH3 is 1. The van der Waals surface area contributed by atoms with Crippen LogP contribution in [-0.2, 0) is 0 Å². The number of benzene rings is 1. The van der Waals surface area contributed by atoms with Crippen LogP contribution in [0.15, 0.2) is 28.9 Å². The fraction of sp³-hybridized carbons (Fsp3) is 0.538. The number of hydrogen-bond acceptors (Lipinski definition) is 6. The molecule has 2 aliphatic carbocycles. The maximum absolute atomic E-state index is 5.82. The maximum atomic E-state index is 5.82. The number of pyridine rings is 1. The molecule has 0 spiro atoms. The summed E-state index contributed by atoms with van der Waals surface area (Å²) in [6.45, 7) is 6.60. The van der Waals surface area contributed by atoms with Crippen LogP contribution in [0.5, 0.6) is 5.75 Å². The van der Waals surface area contributed by atoms with Gasteiger partial charge in [-0.2, -0.15) is 0 Å². The number of fused-ring (bicyclic) bond motifs is 3. The Morgan fingerprint density at radius 3 is 2.68 bits per heavy atom. The van der Waals surface area contributed by atoms with Gasteiger partial charge >= 0.3 is 0 Å². The molecule has 180 valence electrons. The highest BCUT2D eigenvalue weighted by atomic mass is 79.9. The van der Waals surface area contributed by atoms with Crippen molar-refractivity contribution in [1.29, 1.82) is 0 Å². The van der Waals surface area contributed by atoms with Gasteiger partial charge in [0, 0.05) is 50.2 Å². The van der Waals surface area contributed by atoms with Crippen LogP contribution >= 0.6 is 15.9 Å². The summed E-state index contributed by atoms with van der Waals surface area (Å²) in [4.78, 5) is 17.8. The molecule has 8 heteroatoms. The van der Waals surface area contributed by atoms with Crippen molar-refractivity contribution in [2.24, 2.45) is 17.8 Å². The number of piperazine rings is 1. The number of likely N-dealkylation sites (N-methyl/N-ethyl adjacent to an activating group) is 1. The van der Waals surface area contributed by atoms with Crippen molar-refractivity contribution in [2.75, 3.05) is 50.6 Å². The average molecular weight is 525 g/mol. The number of rotatable bonds is 5. The van der Waals surface area contributed by atoms with Gasteiger partial charge in [-0.05, 0) is 72.1 Å². The normalized spacial score (nSPS) is 27.0. The lowest BCUT2D eigenvalue weighted by Crippen LogP contribution is -2.44. The molecular formula is C26H33BrN6O. The summed E-state index contributed by atoms with van der Waals surface area (Å²) < 4.78 is 6.79. The summed E-state index contributed by atoms with van der Waals surface area (Å²) in [5, 5.41) is 3.88. The lowest BCUT2D eigenvalue weighted by Gasteiger charge is -2.34. The molecule has 0 unspecified atom stereocenters. The minimum atomic E-state index is 0.504. The predicted octanol–water partition coefficient (Wildman–Crippen LogP) is 4.99. The summed E-state index contributed by atoms with van der Waals surface area (Å²) in [7, 11) is 3.91. The van der Waals surface area contributed by atoms with Crippen molar-refractivity contribution in [2.45, 2.75) is 32.2 Å². The topological polar surface area (TPSA) is 69.3 Å². The molecule has 3 heterocycles. The van der Waals surface area contributed by atoms with E-state index in [1.54, 1.807) is 7.11 Å². The van der Waals surface area contributed by atoms with E-state index in [9.17, 15) is 0 Å². The lowest BCUT2D eigenvalue weighted by molar-refractivity contribution is 0.312. The number of imidazole rings is 1. The van der Waals surface area contributed by atoms with Crippen LogP contribution in [0.3, 0.4) is 0 Å². The van der Waals surface area contributed by atoms with Gasteiger partial charge in [0.2, 0.25) is 0 Å². The average Bonchev–Trinajstić information content (AvgIpc) is 3.57. The molecule has 2 N–H and O–H groups in total. The Hall–Kier alpha value is -2.32. The van der Waals surface area contributed by atoms with Gasteiger partial charge in [-0.15, -0.1) is 0 Å². The molecule has 1 aliphatic heterocycles. The van der Waals surface area contributed by atoms with E-state index in [1.165, 1.54) is 24.9 Å². The molecule has 1 aromatic carbocycles. The van der Waals surface area contributed by atoms with E-state index in [-0.39, 0.29) is 0 Å². The van der Waals surface area contributed by atoms with Gasteiger partial charge in [0.1, 0.15) is 17.1 Å². The zero-order valence-electron chi connectivity index (χ0n) is 20.1. The molecule has 0 amide bonds. The second-order valence-electron chi connectivity index (χ2n) is 10.3. The van der Waals surface area contributed by atoms with Crippen molar-refractivity contribution in [1.82, 2.24) is 19.9 Å². The van der Waals surface area contributed by atoms with Crippen molar-refractivity contribution in [3.05, 3.63) is 28.9 Å². The van der Waals surface area contributed by atoms with Crippen molar-refractivity contribution in [3.63, 3.8) is 0 Å². The largest absolute Gasteiger partial charge is 0.496 e. The van der Waals surface area contributed by atoms with E-state index in [2.05, 4.69) is 73.2 Å². The zero-order valence-corrected chi connectivity index (χ0v) is 21.7. The first-order valence-electron chi connectivity index (χ1n) is 12.4. The third-order valence-electron chi connectivity index (χ3n) is 8.43. The molecule has 6 rings (SSSR count). The number of H-pyrrole nitrogens is 1. The Balaban J connectivity index is 1.33. The molecule has 4 atom stereocenters. The van der Waals surface area contributed by atoms with E-state index >= 15 is 0 Å². The number of aromatic nitrogens is 3. The minimum Gasteiger partial charge on any atom is -0.496 e. The summed E-state index contributed by atoms with van der Waals surface area (Å²) in [6, 6.07) is 6.93. The van der Waals surface area contributed by atoms with Crippen molar-refractivity contribution < 1.29 is 4.74 Å². The zero-order chi connectivity index (χ0) is 23.4. The lowest BCUT2D eigenvalue weighted by atomic mass is 9.86. The van der Waals surface area contributed by atoms with Crippen LogP contribution in [0.1, 0.15) is 26.2 Å². The Labute approximate surface area is 209 Å². The molecule has 0 radical (unpaired) electrons. The number of hydrogen-bond donors (Lipinski definition) is 2. The van der Waals surface area contributed by atoms with E-state index in [4.69, 9.17) is 9.72 Å². The highest BCUT2D eigenvalue weighted by molar-refractivity contribution is 9.10. The van der Waals surface area contributed by atoms with E-state index < -0.39 is 0 Å². The first-order valence-corrected chi connectivity index (χ1v) is 13.2. The third kappa shape index (κ3) is 3.75. The SMILES string of the molecule is COc1cc(N2CCN(C)CC2)ccc1-c1nc2ncc(Br)c(N[C@@H]3[C@H]4CC[C@H](C4)[C@@H]3C)c2[nH]1. The predicted molar refractivity (Wildman–Crippen MR) is 141 cm³/mol. The highest BCUT2D eigenvalue weighted by Crippen LogP contribution is 2.50. The summed E-state index contributed by atoms with van der Waals surface area (Å²) in [5.74, 6) is 3.93. The van der Waals surface area contributed by atoms with Crippen LogP contribution in [0.4, 0.5) is 11.4 Å². The highest BCUT2D eigenvalue weighted by Gasteiger charge is 2.45. The quantitative estimate of drug-likeness (QED) is 0.489. The third-order valence-corrected chi connectivity index (χ3v) is 9.03. The molecule has 3 aromatic rings. The molecule has 2 aromatic heterocycles. The van der Waals surface area contributed by atoms with Crippen LogP contribution < -0.4 is 15.0 Å². The first-order chi connectivity index (χ1) is 16.5. The molecule has 3 aliphatic rings. The molecule has 7 nitrogen and oxygen atoms in total. The Morgan fingerprint density at radius 1 is 1.15 bits per heavy atom. The fourth-order valence-electron chi connectivity index (χ4n) is 6.33. The van der Waals surface area contributed by atoms with Gasteiger partial charge in [0.25, 0.3) is 0 Å². The summed E-state index contributed by atoms with van der Waals surface area (Å²) in [6.07, 6.45) is 5.94. The second kappa shape index (κ2) is 8.72. The van der Waals surface area contributed by atoms with E-state index in [0.29, 0.717) is 12.0 Å². The van der Waals surface area contributed by atoms with Gasteiger partial charge in [-0.3, -0.25) is 0 Å². The number of anilines is 2. The molecule has 2 bridgehead atoms. The fourth-order valence-corrected chi connectivity index (χ4v) is 6.75. The minimum absolute atomic E-state index is 0.504. The number of nitrogens with zero attached hydrogens (tertiary/aromatic N) is 4. The van der Waals surface area contributed by atoms with Crippen LogP contribution in [-0.4, -0.2) is 66.2 Å². The van der Waals surface area contributed by atoms with Gasteiger partial charge in [-0.1, -0.05) is 6.92 Å². The maximum Gasteiger partial charge on any atom is 0.180 e. The smallest absolute Gasteiger partial charge is 0.180 e. The second-order valence-corrected chi connectivity index (χ2v) is 11.2. The Morgan fingerprint density at radius 2 is 1.94 bits per heavy atom. The van der Waals surface area contributed by atoms with Gasteiger partial charge in [0.05, 0.1) is 22.8 Å². The molecule has 2 saturated carbocycles. The standard InChI is InChI=1S/C26H33BrN6O/c1-15-16-4-5-17(12-16)22(15)29-23-20(27)14-28-26-24(23)30-25(31-26)19-7-6-18(13-21(19)34-3)33-10-8-32(2)9-11-33/h6-7,13-17,22H,4-5,8-12H2,1-3H3,(H2,28,29,30,31)/t15-,16+,17-,22-/m0/s1. The van der Waals surface area contributed by atoms with Crippen LogP contribution in [0, 0.1) is 17.8 Å². The summed E-state index contributed by atoms with van der Waals surface area (Å²) >= 11 is 3.74. The van der Waals surface area contributed by atoms with Crippen LogP contribution in [0.25, 0.3) is 22.6 Å². The van der Waals surface area contributed by atoms with Gasteiger partial charge in [-0.25, -0.2) is 9.97 Å². The summed E-state index contributed by atoms with van der Waals surface area (Å²) in [5.41, 5.74) is 4.89. The Kier molecular flexibility index (Phi) is 5.68. The number of aromatic amines is 1. The Bertz CT molecular complexity index is 1200. The number of halogens is 1. The monoisotopic (exact) mass is 524 g/mol. The van der Waals surface area contributed by atoms with Crippen molar-refractivity contribution >= 4 is 38.5 Å². The number of ether oxygens (including phenoxy) is 1.